The summed E-state index contributed by atoms with van der Waals surface area (Å²) in [4.78, 5) is 25.3. The van der Waals surface area contributed by atoms with Crippen molar-refractivity contribution in [3.63, 3.8) is 0 Å². The van der Waals surface area contributed by atoms with E-state index in [2.05, 4.69) is 10.4 Å². The van der Waals surface area contributed by atoms with Crippen molar-refractivity contribution >= 4 is 19.6 Å². The molecule has 3 aromatic carbocycles. The molecule has 9 heteroatoms. The van der Waals surface area contributed by atoms with Gasteiger partial charge >= 0.3 is 12.1 Å². The minimum atomic E-state index is -3.85. The van der Waals surface area contributed by atoms with Gasteiger partial charge in [-0.3, -0.25) is 9.36 Å². The van der Waals surface area contributed by atoms with Crippen LogP contribution >= 0.6 is 7.52 Å². The minimum absolute atomic E-state index is 0.0498. The molecular formula is C27H31N2O6P. The third-order valence-corrected chi connectivity index (χ3v) is 7.90. The molecule has 0 heterocycles. The number of hydrogen-bond acceptors (Lipinski definition) is 6. The first-order valence-corrected chi connectivity index (χ1v) is 13.2. The van der Waals surface area contributed by atoms with E-state index in [-0.39, 0.29) is 19.4 Å². The number of amides is 1. The molecule has 0 aliphatic heterocycles. The van der Waals surface area contributed by atoms with Crippen LogP contribution in [0.5, 0.6) is 0 Å². The van der Waals surface area contributed by atoms with Crippen LogP contribution in [-0.4, -0.2) is 38.1 Å². The molecule has 0 bridgehead atoms. The van der Waals surface area contributed by atoms with Crippen LogP contribution in [0.2, 0.25) is 0 Å². The molecule has 0 saturated carbocycles. The fourth-order valence-electron chi connectivity index (χ4n) is 3.66. The van der Waals surface area contributed by atoms with Gasteiger partial charge in [-0.2, -0.15) is 0 Å². The highest BCUT2D eigenvalue weighted by molar-refractivity contribution is 7.57. The highest BCUT2D eigenvalue weighted by atomic mass is 31.2. The molecule has 0 saturated heterocycles. The molecule has 3 aromatic rings. The lowest BCUT2D eigenvalue weighted by Crippen LogP contribution is -2.45. The number of carbonyl (C=O) groups is 2. The van der Waals surface area contributed by atoms with Crippen molar-refractivity contribution in [2.75, 3.05) is 14.2 Å². The van der Waals surface area contributed by atoms with Gasteiger partial charge in [0, 0.05) is 13.5 Å². The van der Waals surface area contributed by atoms with Gasteiger partial charge in [-0.05, 0) is 23.1 Å². The van der Waals surface area contributed by atoms with Crippen molar-refractivity contribution < 1.29 is 28.2 Å². The Morgan fingerprint density at radius 2 is 1.28 bits per heavy atom. The average molecular weight is 511 g/mol. The average Bonchev–Trinajstić information content (AvgIpc) is 2.92. The largest absolute Gasteiger partial charge is 0.468 e. The Hall–Kier alpha value is -3.45. The molecule has 2 unspecified atom stereocenters. The van der Waals surface area contributed by atoms with Crippen LogP contribution in [0.4, 0.5) is 4.79 Å². The van der Waals surface area contributed by atoms with Crippen molar-refractivity contribution in [1.29, 1.82) is 0 Å². The van der Waals surface area contributed by atoms with E-state index in [9.17, 15) is 14.2 Å². The number of methoxy groups -OCH3 is 1. The van der Waals surface area contributed by atoms with Gasteiger partial charge in [0.1, 0.15) is 18.4 Å². The van der Waals surface area contributed by atoms with Crippen molar-refractivity contribution in [2.45, 2.75) is 31.3 Å². The number of benzene rings is 3. The van der Waals surface area contributed by atoms with Crippen molar-refractivity contribution in [3.05, 3.63) is 108 Å². The van der Waals surface area contributed by atoms with Gasteiger partial charge in [-0.1, -0.05) is 91.0 Å². The molecule has 8 nitrogen and oxygen atoms in total. The van der Waals surface area contributed by atoms with Crippen LogP contribution in [0.3, 0.4) is 0 Å². The van der Waals surface area contributed by atoms with Crippen LogP contribution in [0.1, 0.15) is 16.7 Å². The molecule has 0 aliphatic carbocycles. The van der Waals surface area contributed by atoms with E-state index >= 15 is 0 Å². The van der Waals surface area contributed by atoms with E-state index < -0.39 is 31.4 Å². The number of ether oxygens (including phenoxy) is 2. The van der Waals surface area contributed by atoms with Gasteiger partial charge in [-0.15, -0.1) is 0 Å². The number of carbonyl (C=O) groups excluding carboxylic acids is 2. The second-order valence-corrected chi connectivity index (χ2v) is 10.5. The molecule has 0 aromatic heterocycles. The summed E-state index contributed by atoms with van der Waals surface area (Å²) in [7, 11) is -1.31. The van der Waals surface area contributed by atoms with Gasteiger partial charge in [0.2, 0.25) is 0 Å². The van der Waals surface area contributed by atoms with Gasteiger partial charge < -0.3 is 19.3 Å². The van der Waals surface area contributed by atoms with E-state index in [1.165, 1.54) is 14.2 Å². The van der Waals surface area contributed by atoms with E-state index in [1.54, 1.807) is 0 Å². The van der Waals surface area contributed by atoms with E-state index in [1.807, 2.05) is 91.0 Å². The summed E-state index contributed by atoms with van der Waals surface area (Å²) in [6.45, 7) is 0.0498. The molecule has 1 amide bonds. The third-order valence-electron chi connectivity index (χ3n) is 5.55. The summed E-state index contributed by atoms with van der Waals surface area (Å²) in [5.74, 6) is -1.61. The number of rotatable bonds is 12. The topological polar surface area (TPSA) is 103 Å². The number of nitrogens with one attached hydrogen (secondary N) is 2. The van der Waals surface area contributed by atoms with Crippen LogP contribution in [0.15, 0.2) is 91.0 Å². The predicted octanol–water partition coefficient (Wildman–Crippen LogP) is 4.70. The maximum atomic E-state index is 14.1. The van der Waals surface area contributed by atoms with Gasteiger partial charge in [0.05, 0.1) is 7.11 Å². The molecule has 190 valence electrons. The first-order chi connectivity index (χ1) is 17.4. The van der Waals surface area contributed by atoms with Gasteiger partial charge in [-0.25, -0.2) is 9.88 Å². The Morgan fingerprint density at radius 1 is 0.778 bits per heavy atom. The highest BCUT2D eigenvalue weighted by Crippen LogP contribution is 2.48. The second kappa shape index (κ2) is 13.6. The predicted molar refractivity (Wildman–Crippen MR) is 137 cm³/mol. The van der Waals surface area contributed by atoms with Gasteiger partial charge in [0.25, 0.3) is 7.52 Å². The summed E-state index contributed by atoms with van der Waals surface area (Å²) in [5.41, 5.74) is 2.48. The smallest absolute Gasteiger partial charge is 0.408 e. The fraction of sp³-hybridized carbons (Fsp3) is 0.259. The number of alkyl carbamates (subject to hydrolysis) is 1. The lowest BCUT2D eigenvalue weighted by atomic mass is 10.1. The molecule has 3 atom stereocenters. The first kappa shape index (κ1) is 27.1. The lowest BCUT2D eigenvalue weighted by Gasteiger charge is -2.30. The van der Waals surface area contributed by atoms with Crippen LogP contribution < -0.4 is 10.4 Å². The number of esters is 1. The zero-order chi connectivity index (χ0) is 25.8. The van der Waals surface area contributed by atoms with E-state index in [0.29, 0.717) is 0 Å². The van der Waals surface area contributed by atoms with Crippen LogP contribution in [0.25, 0.3) is 0 Å². The molecule has 3 rings (SSSR count). The SMILES string of the molecule is COC(=O)[C@H](Cc1ccccc1)NP(=O)(OC)C(Cc1ccccc1)NC(=O)OCc1ccccc1. The zero-order valence-electron chi connectivity index (χ0n) is 20.3. The second-order valence-electron chi connectivity index (χ2n) is 8.09. The van der Waals surface area contributed by atoms with Crippen molar-refractivity contribution in [1.82, 2.24) is 10.4 Å². The monoisotopic (exact) mass is 510 g/mol. The Labute approximate surface area is 211 Å². The first-order valence-electron chi connectivity index (χ1n) is 11.5. The Kier molecular flexibility index (Phi) is 10.2. The maximum Gasteiger partial charge on any atom is 0.408 e. The zero-order valence-corrected chi connectivity index (χ0v) is 21.2. The van der Waals surface area contributed by atoms with E-state index in [0.717, 1.165) is 16.7 Å². The standard InChI is InChI=1S/C27H31N2O6P/c1-33-26(30)24(18-21-12-6-3-7-13-21)29-36(32,34-2)25(19-22-14-8-4-9-15-22)28-27(31)35-20-23-16-10-5-11-17-23/h3-17,24-25H,18-20H2,1-2H3,(H,28,31)(H,29,32)/t24-,25?,36?/m0/s1. The summed E-state index contributed by atoms with van der Waals surface area (Å²) in [5, 5.41) is 5.56. The normalized spacial score (nSPS) is 14.2. The molecule has 2 N–H and O–H groups in total. The van der Waals surface area contributed by atoms with Crippen LogP contribution in [0, 0.1) is 0 Å². The Morgan fingerprint density at radius 3 is 1.78 bits per heavy atom. The maximum absolute atomic E-state index is 14.1. The van der Waals surface area contributed by atoms with Crippen molar-refractivity contribution in [3.8, 4) is 0 Å². The molecule has 0 radical (unpaired) electrons. The Balaban J connectivity index is 1.82. The third kappa shape index (κ3) is 8.05. The molecule has 0 spiro atoms. The highest BCUT2D eigenvalue weighted by Gasteiger charge is 2.39. The summed E-state index contributed by atoms with van der Waals surface area (Å²) >= 11 is 0. The molecular weight excluding hydrogens is 479 g/mol. The molecule has 36 heavy (non-hydrogen) atoms. The molecule has 0 aliphatic rings. The quantitative estimate of drug-likeness (QED) is 0.269. The summed E-state index contributed by atoms with van der Waals surface area (Å²) in [6.07, 6.45) is -0.354. The number of hydrogen-bond donors (Lipinski definition) is 2. The van der Waals surface area contributed by atoms with Crippen LogP contribution in [-0.2, 0) is 42.8 Å². The van der Waals surface area contributed by atoms with Crippen molar-refractivity contribution in [2.24, 2.45) is 0 Å². The summed E-state index contributed by atoms with van der Waals surface area (Å²) in [6, 6.07) is 26.8. The van der Waals surface area contributed by atoms with E-state index in [4.69, 9.17) is 14.0 Å². The lowest BCUT2D eigenvalue weighted by molar-refractivity contribution is -0.142. The van der Waals surface area contributed by atoms with Gasteiger partial charge in [0.15, 0.2) is 0 Å². The fourth-order valence-corrected chi connectivity index (χ4v) is 5.55. The minimum Gasteiger partial charge on any atom is -0.468 e. The Bertz CT molecular complexity index is 1140. The summed E-state index contributed by atoms with van der Waals surface area (Å²) < 4.78 is 29.9. The molecule has 0 fully saturated rings.